The van der Waals surface area contributed by atoms with Gasteiger partial charge in [0.1, 0.15) is 0 Å². The molecule has 0 amide bonds. The molecule has 0 aliphatic rings. The fourth-order valence-electron chi connectivity index (χ4n) is 1.33. The van der Waals surface area contributed by atoms with Crippen molar-refractivity contribution in [2.75, 3.05) is 6.54 Å². The summed E-state index contributed by atoms with van der Waals surface area (Å²) >= 11 is 0. The van der Waals surface area contributed by atoms with Crippen LogP contribution in [0.25, 0.3) is 0 Å². The molecule has 0 saturated carbocycles. The highest BCUT2D eigenvalue weighted by Gasteiger charge is 1.98. The van der Waals surface area contributed by atoms with Crippen LogP contribution in [0.2, 0.25) is 0 Å². The van der Waals surface area contributed by atoms with Crippen molar-refractivity contribution in [2.45, 2.75) is 32.4 Å². The summed E-state index contributed by atoms with van der Waals surface area (Å²) in [5.41, 5.74) is 0. The van der Waals surface area contributed by atoms with E-state index in [0.29, 0.717) is 6.04 Å². The molecule has 1 unspecified atom stereocenters. The highest BCUT2D eigenvalue weighted by atomic mass is 15.0. The second kappa shape index (κ2) is 6.38. The second-order valence-electron chi connectivity index (χ2n) is 3.52. The van der Waals surface area contributed by atoms with Gasteiger partial charge in [0.25, 0.3) is 0 Å². The Morgan fingerprint density at radius 1 is 1.64 bits per heavy atom. The third-order valence-electron chi connectivity index (χ3n) is 2.23. The summed E-state index contributed by atoms with van der Waals surface area (Å²) in [6.07, 6.45) is 9.84. The van der Waals surface area contributed by atoms with E-state index in [2.05, 4.69) is 28.4 Å². The molecule has 0 bridgehead atoms. The van der Waals surface area contributed by atoms with E-state index in [9.17, 15) is 0 Å². The Labute approximate surface area is 85.8 Å². The van der Waals surface area contributed by atoms with Gasteiger partial charge in [-0.3, -0.25) is 0 Å². The van der Waals surface area contributed by atoms with Crippen molar-refractivity contribution in [3.05, 3.63) is 31.4 Å². The third-order valence-corrected chi connectivity index (χ3v) is 2.23. The van der Waals surface area contributed by atoms with E-state index < -0.39 is 0 Å². The number of imidazole rings is 1. The molecule has 1 heterocycles. The minimum absolute atomic E-state index is 0.566. The van der Waals surface area contributed by atoms with Crippen molar-refractivity contribution in [2.24, 2.45) is 0 Å². The zero-order valence-electron chi connectivity index (χ0n) is 8.82. The minimum atomic E-state index is 0.566. The highest BCUT2D eigenvalue weighted by molar-refractivity contribution is 4.75. The van der Waals surface area contributed by atoms with Crippen LogP contribution in [0.15, 0.2) is 31.4 Å². The first-order valence-electron chi connectivity index (χ1n) is 5.13. The van der Waals surface area contributed by atoms with Crippen molar-refractivity contribution in [1.29, 1.82) is 0 Å². The molecule has 0 radical (unpaired) electrons. The predicted octanol–water partition coefficient (Wildman–Crippen LogP) is 1.83. The number of aromatic nitrogens is 2. The molecule has 1 aromatic rings. The van der Waals surface area contributed by atoms with E-state index in [1.54, 1.807) is 6.20 Å². The van der Waals surface area contributed by atoms with Gasteiger partial charge in [0.15, 0.2) is 0 Å². The van der Waals surface area contributed by atoms with Crippen LogP contribution < -0.4 is 5.32 Å². The molecule has 0 fully saturated rings. The predicted molar refractivity (Wildman–Crippen MR) is 59.1 cm³/mol. The molecule has 0 spiro atoms. The molecular weight excluding hydrogens is 174 g/mol. The number of nitrogens with one attached hydrogen (secondary N) is 1. The van der Waals surface area contributed by atoms with Gasteiger partial charge in [0.05, 0.1) is 6.33 Å². The van der Waals surface area contributed by atoms with Crippen molar-refractivity contribution in [1.82, 2.24) is 14.9 Å². The lowest BCUT2D eigenvalue weighted by molar-refractivity contribution is 0.493. The first-order valence-corrected chi connectivity index (χ1v) is 5.13. The smallest absolute Gasteiger partial charge is 0.0946 e. The van der Waals surface area contributed by atoms with Crippen molar-refractivity contribution < 1.29 is 0 Å². The number of nitrogens with zero attached hydrogens (tertiary/aromatic N) is 2. The van der Waals surface area contributed by atoms with E-state index in [0.717, 1.165) is 25.9 Å². The lowest BCUT2D eigenvalue weighted by atomic mass is 10.2. The molecule has 3 nitrogen and oxygen atoms in total. The van der Waals surface area contributed by atoms with Crippen LogP contribution in [-0.2, 0) is 6.54 Å². The van der Waals surface area contributed by atoms with Gasteiger partial charge in [0.2, 0.25) is 0 Å². The maximum atomic E-state index is 3.99. The van der Waals surface area contributed by atoms with Gasteiger partial charge in [-0.05, 0) is 19.8 Å². The average molecular weight is 193 g/mol. The summed E-state index contributed by atoms with van der Waals surface area (Å²) in [7, 11) is 0. The van der Waals surface area contributed by atoms with Gasteiger partial charge < -0.3 is 9.88 Å². The van der Waals surface area contributed by atoms with Crippen molar-refractivity contribution in [3.63, 3.8) is 0 Å². The normalized spacial score (nSPS) is 12.6. The second-order valence-corrected chi connectivity index (χ2v) is 3.52. The molecule has 0 saturated heterocycles. The van der Waals surface area contributed by atoms with Gasteiger partial charge in [-0.2, -0.15) is 0 Å². The van der Waals surface area contributed by atoms with Crippen LogP contribution >= 0.6 is 0 Å². The SMILES string of the molecule is C=CCCC(C)NCCn1ccnc1. The monoisotopic (exact) mass is 193 g/mol. The topological polar surface area (TPSA) is 29.9 Å². The molecule has 0 aromatic carbocycles. The molecule has 0 aliphatic carbocycles. The van der Waals surface area contributed by atoms with Gasteiger partial charge in [-0.1, -0.05) is 6.08 Å². The molecule has 3 heteroatoms. The molecule has 1 atom stereocenters. The lowest BCUT2D eigenvalue weighted by Crippen LogP contribution is -2.28. The van der Waals surface area contributed by atoms with Gasteiger partial charge in [-0.15, -0.1) is 6.58 Å². The number of rotatable bonds is 7. The van der Waals surface area contributed by atoms with Crippen LogP contribution in [0.1, 0.15) is 19.8 Å². The number of allylic oxidation sites excluding steroid dienone is 1. The van der Waals surface area contributed by atoms with Crippen LogP contribution in [0.3, 0.4) is 0 Å². The third kappa shape index (κ3) is 4.23. The van der Waals surface area contributed by atoms with Crippen LogP contribution in [0.4, 0.5) is 0 Å². The Bertz CT molecular complexity index is 241. The summed E-state index contributed by atoms with van der Waals surface area (Å²) in [4.78, 5) is 3.99. The van der Waals surface area contributed by atoms with Crippen molar-refractivity contribution >= 4 is 0 Å². The Hall–Kier alpha value is -1.09. The van der Waals surface area contributed by atoms with Crippen molar-refractivity contribution in [3.8, 4) is 0 Å². The summed E-state index contributed by atoms with van der Waals surface area (Å²) in [5.74, 6) is 0. The number of hydrogen-bond acceptors (Lipinski definition) is 2. The van der Waals surface area contributed by atoms with E-state index >= 15 is 0 Å². The van der Waals surface area contributed by atoms with E-state index in [4.69, 9.17) is 0 Å². The summed E-state index contributed by atoms with van der Waals surface area (Å²) in [6.45, 7) is 7.90. The Morgan fingerprint density at radius 2 is 2.50 bits per heavy atom. The fourth-order valence-corrected chi connectivity index (χ4v) is 1.33. The van der Waals surface area contributed by atoms with Crippen LogP contribution in [0, 0.1) is 0 Å². The molecule has 0 aliphatic heterocycles. The van der Waals surface area contributed by atoms with Gasteiger partial charge in [-0.25, -0.2) is 4.98 Å². The quantitative estimate of drug-likeness (QED) is 0.669. The maximum Gasteiger partial charge on any atom is 0.0946 e. The Balaban J connectivity index is 2.06. The zero-order valence-corrected chi connectivity index (χ0v) is 8.82. The van der Waals surface area contributed by atoms with Gasteiger partial charge in [0, 0.05) is 31.5 Å². The Morgan fingerprint density at radius 3 is 3.14 bits per heavy atom. The fraction of sp³-hybridized carbons (Fsp3) is 0.545. The Kier molecular flexibility index (Phi) is 5.00. The molecular formula is C11H19N3. The van der Waals surface area contributed by atoms with Crippen LogP contribution in [-0.4, -0.2) is 22.1 Å². The van der Waals surface area contributed by atoms with E-state index in [-0.39, 0.29) is 0 Å². The maximum absolute atomic E-state index is 3.99. The molecule has 78 valence electrons. The lowest BCUT2D eigenvalue weighted by Gasteiger charge is -2.12. The first-order chi connectivity index (χ1) is 6.83. The largest absolute Gasteiger partial charge is 0.336 e. The summed E-state index contributed by atoms with van der Waals surface area (Å²) in [6, 6.07) is 0.566. The van der Waals surface area contributed by atoms with Crippen LogP contribution in [0.5, 0.6) is 0 Å². The standard InChI is InChI=1S/C11H19N3/c1-3-4-5-11(2)13-7-9-14-8-6-12-10-14/h3,6,8,10-11,13H,1,4-5,7,9H2,2H3. The summed E-state index contributed by atoms with van der Waals surface area (Å²) < 4.78 is 2.08. The minimum Gasteiger partial charge on any atom is -0.336 e. The zero-order chi connectivity index (χ0) is 10.2. The number of hydrogen-bond donors (Lipinski definition) is 1. The highest BCUT2D eigenvalue weighted by Crippen LogP contribution is 1.96. The van der Waals surface area contributed by atoms with E-state index in [1.165, 1.54) is 0 Å². The average Bonchev–Trinajstić information content (AvgIpc) is 2.67. The summed E-state index contributed by atoms with van der Waals surface area (Å²) in [5, 5.41) is 3.46. The van der Waals surface area contributed by atoms with E-state index in [1.807, 2.05) is 18.6 Å². The van der Waals surface area contributed by atoms with Gasteiger partial charge >= 0.3 is 0 Å². The molecule has 1 N–H and O–H groups in total. The molecule has 1 aromatic heterocycles. The molecule has 14 heavy (non-hydrogen) atoms. The first kappa shape index (κ1) is 11.0. The molecule has 1 rings (SSSR count).